The molecule has 3 rings (SSSR count). The van der Waals surface area contributed by atoms with E-state index in [1.165, 1.54) is 21.9 Å². The van der Waals surface area contributed by atoms with Gasteiger partial charge in [-0.3, -0.25) is 9.59 Å². The zero-order valence-electron chi connectivity index (χ0n) is 14.8. The minimum absolute atomic E-state index is 0.100. The van der Waals surface area contributed by atoms with Crippen LogP contribution in [0.25, 0.3) is 0 Å². The summed E-state index contributed by atoms with van der Waals surface area (Å²) in [5, 5.41) is 7.54. The van der Waals surface area contributed by atoms with Crippen molar-refractivity contribution in [1.82, 2.24) is 9.62 Å². The summed E-state index contributed by atoms with van der Waals surface area (Å²) in [5.74, 6) is -0.540. The third kappa shape index (κ3) is 4.94. The molecule has 0 saturated carbocycles. The molecule has 2 amide bonds. The quantitative estimate of drug-likeness (QED) is 0.794. The van der Waals surface area contributed by atoms with Crippen molar-refractivity contribution in [2.75, 3.05) is 24.7 Å². The predicted molar refractivity (Wildman–Crippen MR) is 106 cm³/mol. The van der Waals surface area contributed by atoms with Gasteiger partial charge >= 0.3 is 0 Å². The van der Waals surface area contributed by atoms with E-state index in [0.717, 1.165) is 0 Å². The first-order valence-electron chi connectivity index (χ1n) is 8.54. The molecule has 7 nitrogen and oxygen atoms in total. The number of carbonyl (C=O) groups excluding carboxylic acids is 2. The number of rotatable bonds is 5. The van der Waals surface area contributed by atoms with E-state index in [4.69, 9.17) is 0 Å². The number of sulfonamides is 1. The second-order valence-corrected chi connectivity index (χ2v) is 9.32. The van der Waals surface area contributed by atoms with E-state index in [1.807, 2.05) is 5.38 Å². The number of thiophene rings is 1. The number of amides is 2. The van der Waals surface area contributed by atoms with Crippen LogP contribution in [0.4, 0.5) is 5.69 Å². The van der Waals surface area contributed by atoms with Gasteiger partial charge in [0, 0.05) is 19.1 Å². The second-order valence-electron chi connectivity index (χ2n) is 6.39. The first-order chi connectivity index (χ1) is 12.8. The number of piperidine rings is 1. The Hall–Kier alpha value is -2.23. The minimum Gasteiger partial charge on any atom is -0.349 e. The average molecular weight is 408 g/mol. The Morgan fingerprint density at radius 2 is 1.78 bits per heavy atom. The fourth-order valence-electron chi connectivity index (χ4n) is 2.98. The van der Waals surface area contributed by atoms with Gasteiger partial charge in [-0.2, -0.15) is 0 Å². The molecule has 0 aliphatic carbocycles. The molecule has 1 aromatic heterocycles. The van der Waals surface area contributed by atoms with Gasteiger partial charge in [-0.15, -0.1) is 11.3 Å². The van der Waals surface area contributed by atoms with Gasteiger partial charge in [-0.1, -0.05) is 18.2 Å². The van der Waals surface area contributed by atoms with E-state index in [1.54, 1.807) is 36.4 Å². The molecule has 0 spiro atoms. The van der Waals surface area contributed by atoms with Crippen molar-refractivity contribution < 1.29 is 18.0 Å². The molecule has 1 aliphatic rings. The lowest BCUT2D eigenvalue weighted by Crippen LogP contribution is -2.46. The molecule has 27 heavy (non-hydrogen) atoms. The highest BCUT2D eigenvalue weighted by atomic mass is 32.2. The molecule has 1 fully saturated rings. The third-order valence-electron chi connectivity index (χ3n) is 4.42. The number of benzene rings is 1. The summed E-state index contributed by atoms with van der Waals surface area (Å²) in [6.45, 7) is 0.779. The van der Waals surface area contributed by atoms with Crippen molar-refractivity contribution in [3.05, 3.63) is 52.2 Å². The lowest BCUT2D eigenvalue weighted by Gasteiger charge is -2.30. The predicted octanol–water partition coefficient (Wildman–Crippen LogP) is 2.15. The Balaban J connectivity index is 1.65. The van der Waals surface area contributed by atoms with E-state index in [0.29, 0.717) is 42.1 Å². The summed E-state index contributed by atoms with van der Waals surface area (Å²) >= 11 is 1.33. The highest BCUT2D eigenvalue weighted by Crippen LogP contribution is 2.19. The van der Waals surface area contributed by atoms with Gasteiger partial charge in [0.25, 0.3) is 11.8 Å². The van der Waals surface area contributed by atoms with Gasteiger partial charge in [0.05, 0.1) is 22.4 Å². The van der Waals surface area contributed by atoms with Gasteiger partial charge in [0.15, 0.2) is 0 Å². The van der Waals surface area contributed by atoms with Crippen LogP contribution in [0.1, 0.15) is 32.9 Å². The number of carbonyl (C=O) groups is 2. The molecular weight excluding hydrogens is 386 g/mol. The molecule has 2 heterocycles. The maximum Gasteiger partial charge on any atom is 0.265 e. The maximum atomic E-state index is 12.7. The fraction of sp³-hybridized carbons (Fsp3) is 0.333. The lowest BCUT2D eigenvalue weighted by atomic mass is 10.1. The third-order valence-corrected chi connectivity index (χ3v) is 6.59. The highest BCUT2D eigenvalue weighted by Gasteiger charge is 2.26. The number of para-hydroxylation sites is 1. The molecule has 2 N–H and O–H groups in total. The molecule has 144 valence electrons. The number of anilines is 1. The zero-order chi connectivity index (χ0) is 19.4. The summed E-state index contributed by atoms with van der Waals surface area (Å²) < 4.78 is 24.6. The molecule has 1 aliphatic heterocycles. The summed E-state index contributed by atoms with van der Waals surface area (Å²) in [5.41, 5.74) is 0.829. The van der Waals surface area contributed by atoms with Crippen LogP contribution in [-0.4, -0.2) is 49.9 Å². The average Bonchev–Trinajstić information content (AvgIpc) is 3.16. The van der Waals surface area contributed by atoms with Gasteiger partial charge in [-0.05, 0) is 36.4 Å². The van der Waals surface area contributed by atoms with Crippen molar-refractivity contribution in [3.63, 3.8) is 0 Å². The smallest absolute Gasteiger partial charge is 0.265 e. The molecule has 1 aromatic carbocycles. The van der Waals surface area contributed by atoms with Crippen molar-refractivity contribution in [1.29, 1.82) is 0 Å². The molecule has 0 bridgehead atoms. The van der Waals surface area contributed by atoms with Crippen molar-refractivity contribution >= 4 is 38.9 Å². The van der Waals surface area contributed by atoms with Crippen LogP contribution in [0.5, 0.6) is 0 Å². The number of hydrogen-bond donors (Lipinski definition) is 2. The second kappa shape index (κ2) is 8.20. The van der Waals surface area contributed by atoms with Crippen LogP contribution in [0.15, 0.2) is 41.8 Å². The van der Waals surface area contributed by atoms with Crippen LogP contribution in [0, 0.1) is 0 Å². The van der Waals surface area contributed by atoms with Crippen LogP contribution >= 0.6 is 11.3 Å². The number of nitrogens with one attached hydrogen (secondary N) is 2. The van der Waals surface area contributed by atoms with Crippen molar-refractivity contribution in [2.24, 2.45) is 0 Å². The van der Waals surface area contributed by atoms with Gasteiger partial charge < -0.3 is 10.6 Å². The Morgan fingerprint density at radius 3 is 2.41 bits per heavy atom. The van der Waals surface area contributed by atoms with Crippen LogP contribution in [0.3, 0.4) is 0 Å². The Kier molecular flexibility index (Phi) is 5.93. The number of hydrogen-bond acceptors (Lipinski definition) is 5. The van der Waals surface area contributed by atoms with Gasteiger partial charge in [0.2, 0.25) is 10.0 Å². The monoisotopic (exact) mass is 407 g/mol. The Labute approximate surface area is 162 Å². The topological polar surface area (TPSA) is 95.6 Å². The molecule has 0 atom stereocenters. The normalized spacial score (nSPS) is 16.0. The van der Waals surface area contributed by atoms with E-state index < -0.39 is 10.0 Å². The highest BCUT2D eigenvalue weighted by molar-refractivity contribution is 7.88. The fourth-order valence-corrected chi connectivity index (χ4v) is 4.47. The molecule has 1 saturated heterocycles. The van der Waals surface area contributed by atoms with E-state index in [-0.39, 0.29) is 17.9 Å². The standard InChI is InChI=1S/C18H21N3O4S2/c1-27(24,25)21-10-8-13(9-11-21)19-17(22)14-5-2-3-6-15(14)20-18(23)16-7-4-12-26-16/h2-7,12-13H,8-11H2,1H3,(H,19,22)(H,20,23). The van der Waals surface area contributed by atoms with Gasteiger partial charge in [0.1, 0.15) is 0 Å². The van der Waals surface area contributed by atoms with E-state index >= 15 is 0 Å². The molecule has 2 aromatic rings. The SMILES string of the molecule is CS(=O)(=O)N1CCC(NC(=O)c2ccccc2NC(=O)c2cccs2)CC1. The van der Waals surface area contributed by atoms with Crippen LogP contribution < -0.4 is 10.6 Å². The first-order valence-corrected chi connectivity index (χ1v) is 11.3. The summed E-state index contributed by atoms with van der Waals surface area (Å²) in [6, 6.07) is 10.3. The minimum atomic E-state index is -3.20. The van der Waals surface area contributed by atoms with Crippen LogP contribution in [-0.2, 0) is 10.0 Å². The molecule has 9 heteroatoms. The largest absolute Gasteiger partial charge is 0.349 e. The molecule has 0 radical (unpaired) electrons. The molecule has 0 unspecified atom stereocenters. The summed E-state index contributed by atoms with van der Waals surface area (Å²) in [4.78, 5) is 25.5. The molecular formula is C18H21N3O4S2. The van der Waals surface area contributed by atoms with E-state index in [9.17, 15) is 18.0 Å². The Morgan fingerprint density at radius 1 is 1.07 bits per heavy atom. The summed E-state index contributed by atoms with van der Waals surface area (Å²) in [6.07, 6.45) is 2.31. The zero-order valence-corrected chi connectivity index (χ0v) is 16.5. The van der Waals surface area contributed by atoms with Crippen molar-refractivity contribution in [3.8, 4) is 0 Å². The lowest BCUT2D eigenvalue weighted by molar-refractivity contribution is 0.0925. The first kappa shape index (κ1) is 19.5. The summed E-state index contributed by atoms with van der Waals surface area (Å²) in [7, 11) is -3.20. The maximum absolute atomic E-state index is 12.7. The van der Waals surface area contributed by atoms with Crippen LogP contribution in [0.2, 0.25) is 0 Å². The van der Waals surface area contributed by atoms with Gasteiger partial charge in [-0.25, -0.2) is 12.7 Å². The number of nitrogens with zero attached hydrogens (tertiary/aromatic N) is 1. The Bertz CT molecular complexity index is 918. The van der Waals surface area contributed by atoms with Crippen molar-refractivity contribution in [2.45, 2.75) is 18.9 Å². The van der Waals surface area contributed by atoms with E-state index in [2.05, 4.69) is 10.6 Å².